The van der Waals surface area contributed by atoms with Crippen molar-refractivity contribution in [1.82, 2.24) is 20.0 Å². The van der Waals surface area contributed by atoms with Crippen LogP contribution in [0.25, 0.3) is 6.08 Å². The zero-order valence-electron chi connectivity index (χ0n) is 20.8. The molecular formula is C27H37FN4O3. The molecule has 8 heteroatoms. The van der Waals surface area contributed by atoms with Crippen LogP contribution in [0.5, 0.6) is 0 Å². The molecule has 4 amide bonds. The highest BCUT2D eigenvalue weighted by atomic mass is 19.1. The van der Waals surface area contributed by atoms with Crippen LogP contribution in [-0.2, 0) is 9.59 Å². The Balaban J connectivity index is 1.37. The first-order chi connectivity index (χ1) is 16.8. The Morgan fingerprint density at radius 3 is 2.49 bits per heavy atom. The second-order valence-corrected chi connectivity index (χ2v) is 10.2. The molecule has 3 fully saturated rings. The first-order valence-electron chi connectivity index (χ1n) is 12.9. The van der Waals surface area contributed by atoms with Gasteiger partial charge in [-0.15, -0.1) is 0 Å². The molecular weight excluding hydrogens is 447 g/mol. The molecule has 0 aliphatic carbocycles. The fraction of sp³-hybridized carbons (Fsp3) is 0.593. The van der Waals surface area contributed by atoms with E-state index in [0.29, 0.717) is 44.9 Å². The summed E-state index contributed by atoms with van der Waals surface area (Å²) in [4.78, 5) is 44.8. The number of hydrogen-bond donors (Lipinski definition) is 1. The molecule has 0 spiro atoms. The van der Waals surface area contributed by atoms with Crippen LogP contribution in [0.15, 0.2) is 30.3 Å². The molecule has 3 saturated heterocycles. The van der Waals surface area contributed by atoms with Crippen LogP contribution in [-0.4, -0.2) is 77.4 Å². The van der Waals surface area contributed by atoms with E-state index in [1.165, 1.54) is 23.1 Å². The Morgan fingerprint density at radius 1 is 1.14 bits per heavy atom. The van der Waals surface area contributed by atoms with Gasteiger partial charge in [-0.1, -0.05) is 25.5 Å². The number of carbonyl (C=O) groups excluding carboxylic acids is 3. The van der Waals surface area contributed by atoms with Crippen LogP contribution in [0.2, 0.25) is 0 Å². The first kappa shape index (κ1) is 25.4. The number of piperidine rings is 1. The number of carbonyl (C=O) groups is 3. The summed E-state index contributed by atoms with van der Waals surface area (Å²) in [5, 5.41) is 3.10. The average Bonchev–Trinajstić information content (AvgIpc) is 3.37. The SMILES string of the molecule is CCCC1(C2CCN(C(=O)/C=C/c3ccc(F)cc3)CC2)NC(=O)N(CCC2CCCN2C)C1=O. The zero-order valence-corrected chi connectivity index (χ0v) is 20.8. The number of imide groups is 1. The average molecular weight is 485 g/mol. The van der Waals surface area contributed by atoms with Gasteiger partial charge in [0, 0.05) is 31.8 Å². The Labute approximate surface area is 207 Å². The molecule has 1 aromatic rings. The van der Waals surface area contributed by atoms with Gasteiger partial charge in [-0.3, -0.25) is 14.5 Å². The molecule has 7 nitrogen and oxygen atoms in total. The third kappa shape index (κ3) is 5.42. The van der Waals surface area contributed by atoms with Gasteiger partial charge in [0.2, 0.25) is 5.91 Å². The Morgan fingerprint density at radius 2 is 1.86 bits per heavy atom. The van der Waals surface area contributed by atoms with Crippen LogP contribution < -0.4 is 5.32 Å². The molecule has 3 aliphatic heterocycles. The van der Waals surface area contributed by atoms with Crippen LogP contribution in [0, 0.1) is 11.7 Å². The van der Waals surface area contributed by atoms with E-state index < -0.39 is 5.54 Å². The lowest BCUT2D eigenvalue weighted by Crippen LogP contribution is -2.56. The lowest BCUT2D eigenvalue weighted by atomic mass is 9.74. The second-order valence-electron chi connectivity index (χ2n) is 10.2. The number of nitrogens with one attached hydrogen (secondary N) is 1. The topological polar surface area (TPSA) is 73.0 Å². The highest BCUT2D eigenvalue weighted by Crippen LogP contribution is 2.37. The van der Waals surface area contributed by atoms with Gasteiger partial charge >= 0.3 is 6.03 Å². The number of urea groups is 1. The Bertz CT molecular complexity index is 958. The van der Waals surface area contributed by atoms with Crippen molar-refractivity contribution in [2.45, 2.75) is 63.5 Å². The van der Waals surface area contributed by atoms with Gasteiger partial charge in [0.05, 0.1) is 0 Å². The largest absolute Gasteiger partial charge is 0.339 e. The summed E-state index contributed by atoms with van der Waals surface area (Å²) >= 11 is 0. The summed E-state index contributed by atoms with van der Waals surface area (Å²) in [5.41, 5.74) is -0.105. The lowest BCUT2D eigenvalue weighted by molar-refractivity contribution is -0.135. The van der Waals surface area contributed by atoms with E-state index in [4.69, 9.17) is 0 Å². The molecule has 3 aliphatic rings. The van der Waals surface area contributed by atoms with Gasteiger partial charge in [-0.25, -0.2) is 9.18 Å². The number of benzene rings is 1. The number of hydrogen-bond acceptors (Lipinski definition) is 4. The summed E-state index contributed by atoms with van der Waals surface area (Å²) in [5.74, 6) is -0.495. The molecule has 2 unspecified atom stereocenters. The Hall–Kier alpha value is -2.74. The molecule has 0 radical (unpaired) electrons. The standard InChI is InChI=1S/C27H37FN4O3/c1-3-15-27(25(34)32(26(35)29-27)19-14-23-5-4-16-30(23)2)21-12-17-31(18-13-21)24(33)11-8-20-6-9-22(28)10-7-20/h6-11,21,23H,3-5,12-19H2,1-2H3,(H,29,35)/b11-8+. The van der Waals surface area contributed by atoms with Crippen molar-refractivity contribution >= 4 is 23.9 Å². The highest BCUT2D eigenvalue weighted by Gasteiger charge is 2.55. The molecule has 1 N–H and O–H groups in total. The minimum atomic E-state index is -0.869. The summed E-state index contributed by atoms with van der Waals surface area (Å²) in [6.45, 7) is 4.64. The normalized spacial score (nSPS) is 26.2. The minimum absolute atomic E-state index is 0.00295. The number of likely N-dealkylation sites (tertiary alicyclic amines) is 2. The molecule has 4 rings (SSSR count). The van der Waals surface area contributed by atoms with Gasteiger partial charge in [-0.05, 0) is 81.8 Å². The molecule has 0 bridgehead atoms. The molecule has 1 aromatic carbocycles. The summed E-state index contributed by atoms with van der Waals surface area (Å²) < 4.78 is 13.1. The molecule has 0 aromatic heterocycles. The van der Waals surface area contributed by atoms with Crippen molar-refractivity contribution in [1.29, 1.82) is 0 Å². The quantitative estimate of drug-likeness (QED) is 0.452. The predicted octanol–water partition coefficient (Wildman–Crippen LogP) is 3.65. The predicted molar refractivity (Wildman–Crippen MR) is 133 cm³/mol. The third-order valence-corrected chi connectivity index (χ3v) is 8.00. The monoisotopic (exact) mass is 484 g/mol. The summed E-state index contributed by atoms with van der Waals surface area (Å²) in [6.07, 6.45) is 9.03. The summed E-state index contributed by atoms with van der Waals surface area (Å²) in [7, 11) is 2.11. The van der Waals surface area contributed by atoms with E-state index in [0.717, 1.165) is 37.8 Å². The van der Waals surface area contributed by atoms with Gasteiger partial charge in [0.25, 0.3) is 5.91 Å². The maximum Gasteiger partial charge on any atom is 0.325 e. The van der Waals surface area contributed by atoms with Crippen LogP contribution in [0.4, 0.5) is 9.18 Å². The second kappa shape index (κ2) is 10.9. The smallest absolute Gasteiger partial charge is 0.325 e. The molecule has 0 saturated carbocycles. The minimum Gasteiger partial charge on any atom is -0.339 e. The lowest BCUT2D eigenvalue weighted by Gasteiger charge is -2.40. The van der Waals surface area contributed by atoms with Crippen molar-refractivity contribution in [3.05, 3.63) is 41.7 Å². The van der Waals surface area contributed by atoms with E-state index in [1.54, 1.807) is 23.1 Å². The van der Waals surface area contributed by atoms with E-state index in [-0.39, 0.29) is 29.6 Å². The van der Waals surface area contributed by atoms with Crippen LogP contribution in [0.1, 0.15) is 57.4 Å². The van der Waals surface area contributed by atoms with E-state index in [9.17, 15) is 18.8 Å². The fourth-order valence-corrected chi connectivity index (χ4v) is 5.95. The number of amides is 4. The molecule has 3 heterocycles. The van der Waals surface area contributed by atoms with Crippen molar-refractivity contribution in [2.24, 2.45) is 5.92 Å². The first-order valence-corrected chi connectivity index (χ1v) is 12.9. The van der Waals surface area contributed by atoms with Gasteiger partial charge in [0.15, 0.2) is 0 Å². The van der Waals surface area contributed by atoms with E-state index >= 15 is 0 Å². The zero-order chi connectivity index (χ0) is 25.0. The number of nitrogens with zero attached hydrogens (tertiary/aromatic N) is 3. The molecule has 2 atom stereocenters. The van der Waals surface area contributed by atoms with Crippen molar-refractivity contribution in [3.8, 4) is 0 Å². The fourth-order valence-electron chi connectivity index (χ4n) is 5.95. The summed E-state index contributed by atoms with van der Waals surface area (Å²) in [6, 6.07) is 6.14. The van der Waals surface area contributed by atoms with Crippen LogP contribution >= 0.6 is 0 Å². The van der Waals surface area contributed by atoms with Gasteiger partial charge < -0.3 is 15.1 Å². The third-order valence-electron chi connectivity index (χ3n) is 8.00. The van der Waals surface area contributed by atoms with Gasteiger partial charge in [0.1, 0.15) is 11.4 Å². The number of rotatable bonds is 8. The maximum absolute atomic E-state index is 13.6. The number of halogens is 1. The Kier molecular flexibility index (Phi) is 7.89. The van der Waals surface area contributed by atoms with E-state index in [2.05, 4.69) is 17.3 Å². The highest BCUT2D eigenvalue weighted by molar-refractivity contribution is 6.07. The van der Waals surface area contributed by atoms with Crippen molar-refractivity contribution in [2.75, 3.05) is 33.2 Å². The van der Waals surface area contributed by atoms with Crippen molar-refractivity contribution < 1.29 is 18.8 Å². The van der Waals surface area contributed by atoms with Crippen LogP contribution in [0.3, 0.4) is 0 Å². The molecule has 190 valence electrons. The van der Waals surface area contributed by atoms with E-state index in [1.807, 2.05) is 6.92 Å². The van der Waals surface area contributed by atoms with Gasteiger partial charge in [-0.2, -0.15) is 0 Å². The maximum atomic E-state index is 13.6. The molecule has 35 heavy (non-hydrogen) atoms. The van der Waals surface area contributed by atoms with Crippen molar-refractivity contribution in [3.63, 3.8) is 0 Å².